The normalized spacial score (nSPS) is 18.1. The third-order valence-corrected chi connectivity index (χ3v) is 7.78. The second-order valence-electron chi connectivity index (χ2n) is 10.7. The number of hydrogen-bond acceptors (Lipinski definition) is 7. The summed E-state index contributed by atoms with van der Waals surface area (Å²) in [5.74, 6) is -0.183. The van der Waals surface area contributed by atoms with Gasteiger partial charge in [0.15, 0.2) is 0 Å². The van der Waals surface area contributed by atoms with E-state index in [1.54, 1.807) is 12.3 Å². The predicted molar refractivity (Wildman–Crippen MR) is 156 cm³/mol. The number of nitrogens with one attached hydrogen (secondary N) is 2. The molecule has 4 heterocycles. The summed E-state index contributed by atoms with van der Waals surface area (Å²) in [4.78, 5) is 22.2. The van der Waals surface area contributed by atoms with Crippen LogP contribution in [-0.2, 0) is 0 Å². The number of nitrogens with two attached hydrogens (primary N) is 1. The van der Waals surface area contributed by atoms with Gasteiger partial charge in [0.05, 0.1) is 29.0 Å². The van der Waals surface area contributed by atoms with E-state index in [0.29, 0.717) is 17.0 Å². The van der Waals surface area contributed by atoms with Crippen molar-refractivity contribution in [1.82, 2.24) is 24.8 Å². The first-order valence-electron chi connectivity index (χ1n) is 13.7. The van der Waals surface area contributed by atoms with Gasteiger partial charge in [0.2, 0.25) is 0 Å². The second kappa shape index (κ2) is 10.8. The van der Waals surface area contributed by atoms with E-state index in [0.717, 1.165) is 61.2 Å². The molecular formula is C30H31F3N8O. The number of rotatable bonds is 6. The van der Waals surface area contributed by atoms with Gasteiger partial charge in [-0.05, 0) is 67.6 Å². The molecule has 1 fully saturated rings. The molecule has 4 aromatic rings. The summed E-state index contributed by atoms with van der Waals surface area (Å²) in [6.07, 6.45) is 0.268. The molecule has 0 saturated carbocycles. The first-order valence-corrected chi connectivity index (χ1v) is 13.7. The number of benzene rings is 1. The van der Waals surface area contributed by atoms with Gasteiger partial charge in [-0.25, -0.2) is 9.50 Å². The van der Waals surface area contributed by atoms with Crippen LogP contribution in [0.1, 0.15) is 40.1 Å². The van der Waals surface area contributed by atoms with Crippen LogP contribution in [0.3, 0.4) is 0 Å². The van der Waals surface area contributed by atoms with Crippen LogP contribution in [-0.4, -0.2) is 70.8 Å². The first kappa shape index (κ1) is 27.7. The van der Waals surface area contributed by atoms with E-state index in [9.17, 15) is 18.0 Å². The summed E-state index contributed by atoms with van der Waals surface area (Å²) in [6, 6.07) is 13.2. The summed E-state index contributed by atoms with van der Waals surface area (Å²) < 4.78 is 40.5. The number of hydrogen-bond donors (Lipinski definition) is 3. The highest BCUT2D eigenvalue weighted by Crippen LogP contribution is 2.38. The molecule has 1 aromatic carbocycles. The van der Waals surface area contributed by atoms with Crippen molar-refractivity contribution in [3.8, 4) is 0 Å². The number of aromatic nitrogens is 3. The van der Waals surface area contributed by atoms with Crippen LogP contribution in [0.25, 0.3) is 11.1 Å². The Morgan fingerprint density at radius 3 is 2.64 bits per heavy atom. The quantitative estimate of drug-likeness (QED) is 0.314. The van der Waals surface area contributed by atoms with Gasteiger partial charge in [0.1, 0.15) is 11.9 Å². The Labute approximate surface area is 240 Å². The molecule has 9 nitrogen and oxygen atoms in total. The third kappa shape index (κ3) is 5.42. The summed E-state index contributed by atoms with van der Waals surface area (Å²) in [7, 11) is 2.13. The lowest BCUT2D eigenvalue weighted by atomic mass is 10.0. The van der Waals surface area contributed by atoms with Gasteiger partial charge < -0.3 is 26.2 Å². The molecule has 0 spiro atoms. The van der Waals surface area contributed by atoms with Crippen molar-refractivity contribution in [3.63, 3.8) is 0 Å². The minimum Gasteiger partial charge on any atom is -0.369 e. The van der Waals surface area contributed by atoms with Crippen LogP contribution >= 0.6 is 0 Å². The number of halogens is 3. The number of fused-ring (bicyclic) bond motifs is 2. The molecule has 1 amide bonds. The van der Waals surface area contributed by atoms with Gasteiger partial charge >= 0.3 is 6.18 Å². The van der Waals surface area contributed by atoms with Gasteiger partial charge in [-0.2, -0.15) is 18.3 Å². The van der Waals surface area contributed by atoms with Crippen LogP contribution in [0.15, 0.2) is 67.0 Å². The van der Waals surface area contributed by atoms with Crippen molar-refractivity contribution in [2.24, 2.45) is 5.73 Å². The Bertz CT molecular complexity index is 1670. The maximum Gasteiger partial charge on any atom is 0.408 e. The number of carbonyl (C=O) groups is 1. The Balaban J connectivity index is 1.23. The zero-order valence-electron chi connectivity index (χ0n) is 23.2. The average molecular weight is 577 g/mol. The van der Waals surface area contributed by atoms with Crippen molar-refractivity contribution in [3.05, 3.63) is 89.4 Å². The Morgan fingerprint density at radius 2 is 1.88 bits per heavy atom. The van der Waals surface area contributed by atoms with Crippen LogP contribution < -0.4 is 21.3 Å². The largest absolute Gasteiger partial charge is 0.408 e. The van der Waals surface area contributed by atoms with E-state index in [-0.39, 0.29) is 5.56 Å². The fourth-order valence-electron chi connectivity index (χ4n) is 5.30. The summed E-state index contributed by atoms with van der Waals surface area (Å²) in [5, 5.41) is 9.53. The Hall–Kier alpha value is -4.42. The number of carbonyl (C=O) groups excluding carboxylic acids is 1. The molecule has 0 unspecified atom stereocenters. The van der Waals surface area contributed by atoms with E-state index < -0.39 is 24.2 Å². The van der Waals surface area contributed by atoms with Crippen LogP contribution in [0.4, 0.5) is 30.4 Å². The molecule has 2 atom stereocenters. The molecule has 0 radical (unpaired) electrons. The molecule has 4 N–H and O–H groups in total. The SMILES string of the molecule is C[C@@H](NC(=O)c1cnn2ccc(C3=C[C@H](N)c4nc(Nc5cccc(N6CCN(C)CC6)c5)ccc43)cc12)C(F)(F)F. The topological polar surface area (TPSA) is 104 Å². The van der Waals surface area contributed by atoms with Gasteiger partial charge in [-0.1, -0.05) is 12.1 Å². The number of piperazine rings is 1. The van der Waals surface area contributed by atoms with E-state index in [2.05, 4.69) is 39.4 Å². The van der Waals surface area contributed by atoms with Crippen molar-refractivity contribution >= 4 is 34.2 Å². The summed E-state index contributed by atoms with van der Waals surface area (Å²) >= 11 is 0. The number of nitrogens with zero attached hydrogens (tertiary/aromatic N) is 5. The zero-order valence-corrected chi connectivity index (χ0v) is 23.2. The highest BCUT2D eigenvalue weighted by atomic mass is 19.4. The van der Waals surface area contributed by atoms with E-state index in [1.165, 1.54) is 10.7 Å². The van der Waals surface area contributed by atoms with Gasteiger partial charge in [-0.3, -0.25) is 4.79 Å². The standard InChI is InChI=1S/C30H31F3N8O/c1-18(30(31,32)33)36-29(42)24-17-35-41-9-8-19(14-26(24)41)23-16-25(34)28-22(23)6-7-27(38-28)37-20-4-3-5-21(15-20)40-12-10-39(2)11-13-40/h3-9,14-18,25H,10-13,34H2,1-2H3,(H,36,42)(H,37,38)/t18-,25+/m1/s1. The van der Waals surface area contributed by atoms with Crippen LogP contribution in [0.5, 0.6) is 0 Å². The van der Waals surface area contributed by atoms with Crippen molar-refractivity contribution in [2.75, 3.05) is 43.4 Å². The molecule has 218 valence electrons. The van der Waals surface area contributed by atoms with Crippen molar-refractivity contribution in [2.45, 2.75) is 25.2 Å². The van der Waals surface area contributed by atoms with Gasteiger partial charge in [-0.15, -0.1) is 0 Å². The molecule has 3 aromatic heterocycles. The molecule has 2 aliphatic rings. The molecule has 1 aliphatic carbocycles. The third-order valence-electron chi connectivity index (χ3n) is 7.78. The molecule has 1 saturated heterocycles. The lowest BCUT2D eigenvalue weighted by Gasteiger charge is -2.34. The number of likely N-dealkylation sites (N-methyl/N-ethyl adjacent to an activating group) is 1. The molecule has 42 heavy (non-hydrogen) atoms. The number of pyridine rings is 2. The zero-order chi connectivity index (χ0) is 29.6. The Kier molecular flexibility index (Phi) is 7.11. The van der Waals surface area contributed by atoms with E-state index in [1.807, 2.05) is 41.7 Å². The fraction of sp³-hybridized carbons (Fsp3) is 0.300. The number of anilines is 3. The van der Waals surface area contributed by atoms with E-state index >= 15 is 0 Å². The average Bonchev–Trinajstić information content (AvgIpc) is 3.53. The minimum absolute atomic E-state index is 0.0487. The highest BCUT2D eigenvalue weighted by Gasteiger charge is 2.37. The monoisotopic (exact) mass is 576 g/mol. The predicted octanol–water partition coefficient (Wildman–Crippen LogP) is 4.35. The maximum atomic E-state index is 13.0. The van der Waals surface area contributed by atoms with Crippen LogP contribution in [0, 0.1) is 0 Å². The molecule has 12 heteroatoms. The number of alkyl halides is 3. The molecular weight excluding hydrogens is 545 g/mol. The maximum absolute atomic E-state index is 13.0. The summed E-state index contributed by atoms with van der Waals surface area (Å²) in [5.41, 5.74) is 12.1. The van der Waals surface area contributed by atoms with Gasteiger partial charge in [0, 0.05) is 49.3 Å². The lowest BCUT2D eigenvalue weighted by molar-refractivity contribution is -0.149. The highest BCUT2D eigenvalue weighted by molar-refractivity contribution is 6.01. The second-order valence-corrected chi connectivity index (χ2v) is 10.7. The van der Waals surface area contributed by atoms with E-state index in [4.69, 9.17) is 10.7 Å². The van der Waals surface area contributed by atoms with Crippen molar-refractivity contribution < 1.29 is 18.0 Å². The minimum atomic E-state index is -4.55. The molecule has 0 bridgehead atoms. The van der Waals surface area contributed by atoms with Crippen molar-refractivity contribution in [1.29, 1.82) is 0 Å². The fourth-order valence-corrected chi connectivity index (χ4v) is 5.30. The Morgan fingerprint density at radius 1 is 1.10 bits per heavy atom. The number of amides is 1. The summed E-state index contributed by atoms with van der Waals surface area (Å²) in [6.45, 7) is 4.90. The molecule has 1 aliphatic heterocycles. The first-order chi connectivity index (χ1) is 20.1. The smallest absolute Gasteiger partial charge is 0.369 e. The lowest BCUT2D eigenvalue weighted by Crippen LogP contribution is -2.44. The van der Waals surface area contributed by atoms with Gasteiger partial charge in [0.25, 0.3) is 5.91 Å². The van der Waals surface area contributed by atoms with Crippen LogP contribution in [0.2, 0.25) is 0 Å². The molecule has 6 rings (SSSR count).